The Morgan fingerprint density at radius 3 is 2.39 bits per heavy atom. The number of esters is 1. The third-order valence-corrected chi connectivity index (χ3v) is 4.46. The van der Waals surface area contributed by atoms with Gasteiger partial charge in [-0.3, -0.25) is 4.79 Å². The molecule has 2 aromatic carbocycles. The molecule has 0 spiro atoms. The number of aryl methyl sites for hydroxylation is 1. The maximum atomic E-state index is 11.8. The summed E-state index contributed by atoms with van der Waals surface area (Å²) in [6, 6.07) is 11.3. The van der Waals surface area contributed by atoms with E-state index in [1.54, 1.807) is 0 Å². The van der Waals surface area contributed by atoms with Crippen molar-refractivity contribution in [2.75, 3.05) is 13.2 Å². The monoisotopic (exact) mass is 382 g/mol. The van der Waals surface area contributed by atoms with Crippen LogP contribution in [0.15, 0.2) is 36.4 Å². The second-order valence-corrected chi connectivity index (χ2v) is 7.75. The molecule has 3 N–H and O–H groups in total. The second kappa shape index (κ2) is 7.98. The van der Waals surface area contributed by atoms with Gasteiger partial charge < -0.3 is 15.6 Å². The minimum absolute atomic E-state index is 0.141. The van der Waals surface area contributed by atoms with Crippen LogP contribution in [0.2, 0.25) is 0 Å². The number of phenolic OH excluding ortho intramolecular Hbond substituents is 1. The van der Waals surface area contributed by atoms with E-state index in [0.717, 1.165) is 22.2 Å². The van der Waals surface area contributed by atoms with Crippen LogP contribution in [0.25, 0.3) is 16.7 Å². The van der Waals surface area contributed by atoms with Crippen molar-refractivity contribution in [2.24, 2.45) is 5.73 Å². The average Bonchev–Trinajstić information content (AvgIpc) is 3.08. The normalized spacial score (nSPS) is 11.7. The number of fused-ring (bicyclic) bond motifs is 1. The molecule has 7 nitrogen and oxygen atoms in total. The van der Waals surface area contributed by atoms with E-state index in [2.05, 4.69) is 10.2 Å². The third-order valence-electron chi connectivity index (χ3n) is 4.46. The van der Waals surface area contributed by atoms with Gasteiger partial charge in [-0.25, -0.2) is 0 Å². The standard InChI is InChI=1S/C21H26N4O3/c1-21(2,3)15-12-14(8-9-19(26)28-11-10-22)13-18(20(15)27)25-23-16-6-4-5-7-17(16)24-25/h4-7,12-13,27H,8-11,22H2,1-3H3. The van der Waals surface area contributed by atoms with Crippen molar-refractivity contribution in [2.45, 2.75) is 39.0 Å². The zero-order valence-electron chi connectivity index (χ0n) is 16.5. The number of aromatic nitrogens is 3. The number of carbonyl (C=O) groups is 1. The first-order chi connectivity index (χ1) is 13.3. The lowest BCUT2D eigenvalue weighted by Gasteiger charge is -2.23. The molecule has 148 valence electrons. The molecule has 3 aromatic rings. The number of aromatic hydroxyl groups is 1. The molecule has 0 bridgehead atoms. The smallest absolute Gasteiger partial charge is 0.306 e. The van der Waals surface area contributed by atoms with E-state index in [4.69, 9.17) is 10.5 Å². The van der Waals surface area contributed by atoms with E-state index < -0.39 is 0 Å². The van der Waals surface area contributed by atoms with Crippen molar-refractivity contribution in [3.05, 3.63) is 47.5 Å². The molecule has 28 heavy (non-hydrogen) atoms. The number of benzene rings is 2. The van der Waals surface area contributed by atoms with Crippen molar-refractivity contribution in [3.8, 4) is 11.4 Å². The lowest BCUT2D eigenvalue weighted by Crippen LogP contribution is -2.15. The van der Waals surface area contributed by atoms with Gasteiger partial charge in [-0.2, -0.15) is 0 Å². The molecular weight excluding hydrogens is 356 g/mol. The number of nitrogens with two attached hydrogens (primary N) is 1. The summed E-state index contributed by atoms with van der Waals surface area (Å²) in [5.74, 6) is -0.150. The Hall–Kier alpha value is -2.93. The van der Waals surface area contributed by atoms with Crippen molar-refractivity contribution in [1.29, 1.82) is 0 Å². The summed E-state index contributed by atoms with van der Waals surface area (Å²) in [5.41, 5.74) is 8.74. The van der Waals surface area contributed by atoms with E-state index in [1.807, 2.05) is 57.2 Å². The summed E-state index contributed by atoms with van der Waals surface area (Å²) in [6.45, 7) is 6.60. The molecule has 0 saturated heterocycles. The molecule has 0 radical (unpaired) electrons. The van der Waals surface area contributed by atoms with Gasteiger partial charge in [0.15, 0.2) is 0 Å². The highest BCUT2D eigenvalue weighted by Crippen LogP contribution is 2.36. The molecule has 0 amide bonds. The van der Waals surface area contributed by atoms with E-state index in [9.17, 15) is 9.90 Å². The summed E-state index contributed by atoms with van der Waals surface area (Å²) in [5, 5.41) is 19.9. The van der Waals surface area contributed by atoms with E-state index >= 15 is 0 Å². The Morgan fingerprint density at radius 1 is 1.18 bits per heavy atom. The Kier molecular flexibility index (Phi) is 5.65. The first-order valence-electron chi connectivity index (χ1n) is 9.34. The molecule has 0 aliphatic heterocycles. The van der Waals surface area contributed by atoms with Gasteiger partial charge in [0.25, 0.3) is 0 Å². The molecule has 0 unspecified atom stereocenters. The molecule has 0 atom stereocenters. The van der Waals surface area contributed by atoms with Crippen LogP contribution in [0.4, 0.5) is 0 Å². The fourth-order valence-corrected chi connectivity index (χ4v) is 3.00. The summed E-state index contributed by atoms with van der Waals surface area (Å²) in [7, 11) is 0. The summed E-state index contributed by atoms with van der Waals surface area (Å²) in [4.78, 5) is 13.3. The number of nitrogens with zero attached hydrogens (tertiary/aromatic N) is 3. The summed E-state index contributed by atoms with van der Waals surface area (Å²) < 4.78 is 5.05. The lowest BCUT2D eigenvalue weighted by molar-refractivity contribution is -0.143. The molecule has 0 aliphatic rings. The minimum atomic E-state index is -0.291. The number of hydrogen-bond acceptors (Lipinski definition) is 6. The average molecular weight is 382 g/mol. The summed E-state index contributed by atoms with van der Waals surface area (Å²) >= 11 is 0. The van der Waals surface area contributed by atoms with Gasteiger partial charge in [0.05, 0.1) is 0 Å². The quantitative estimate of drug-likeness (QED) is 0.636. The Bertz CT molecular complexity index is 956. The fraction of sp³-hybridized carbons (Fsp3) is 0.381. The Labute approximate surface area is 164 Å². The second-order valence-electron chi connectivity index (χ2n) is 7.75. The topological polar surface area (TPSA) is 103 Å². The van der Waals surface area contributed by atoms with Gasteiger partial charge in [-0.05, 0) is 35.6 Å². The highest BCUT2D eigenvalue weighted by Gasteiger charge is 2.23. The highest BCUT2D eigenvalue weighted by molar-refractivity contribution is 5.74. The van der Waals surface area contributed by atoms with Crippen LogP contribution in [0.1, 0.15) is 38.3 Å². The number of ether oxygens (including phenoxy) is 1. The lowest BCUT2D eigenvalue weighted by atomic mass is 9.84. The largest absolute Gasteiger partial charge is 0.505 e. The highest BCUT2D eigenvalue weighted by atomic mass is 16.5. The maximum Gasteiger partial charge on any atom is 0.306 e. The van der Waals surface area contributed by atoms with Gasteiger partial charge in [-0.1, -0.05) is 39.0 Å². The van der Waals surface area contributed by atoms with Gasteiger partial charge in [-0.15, -0.1) is 15.0 Å². The maximum absolute atomic E-state index is 11.8. The minimum Gasteiger partial charge on any atom is -0.505 e. The van der Waals surface area contributed by atoms with Gasteiger partial charge in [0, 0.05) is 18.5 Å². The molecule has 1 aromatic heterocycles. The van der Waals surface area contributed by atoms with E-state index in [1.165, 1.54) is 4.80 Å². The van der Waals surface area contributed by atoms with Crippen molar-refractivity contribution in [1.82, 2.24) is 15.0 Å². The molecular formula is C21H26N4O3. The van der Waals surface area contributed by atoms with Crippen LogP contribution in [0.5, 0.6) is 5.75 Å². The molecule has 3 rings (SSSR count). The van der Waals surface area contributed by atoms with Gasteiger partial charge in [0.1, 0.15) is 29.1 Å². The Morgan fingerprint density at radius 2 is 1.82 bits per heavy atom. The van der Waals surface area contributed by atoms with Crippen LogP contribution in [-0.2, 0) is 21.4 Å². The first-order valence-corrected chi connectivity index (χ1v) is 9.34. The van der Waals surface area contributed by atoms with Crippen LogP contribution in [0.3, 0.4) is 0 Å². The first kappa shape index (κ1) is 19.8. The van der Waals surface area contributed by atoms with Crippen LogP contribution in [0, 0.1) is 0 Å². The number of phenols is 1. The van der Waals surface area contributed by atoms with Gasteiger partial charge >= 0.3 is 5.97 Å². The number of hydrogen-bond donors (Lipinski definition) is 2. The zero-order chi connectivity index (χ0) is 20.3. The van der Waals surface area contributed by atoms with E-state index in [-0.39, 0.29) is 30.2 Å². The van der Waals surface area contributed by atoms with Crippen molar-refractivity contribution in [3.63, 3.8) is 0 Å². The van der Waals surface area contributed by atoms with Crippen molar-refractivity contribution < 1.29 is 14.6 Å². The van der Waals surface area contributed by atoms with Crippen LogP contribution >= 0.6 is 0 Å². The number of carbonyl (C=O) groups excluding carboxylic acids is 1. The van der Waals surface area contributed by atoms with Crippen molar-refractivity contribution >= 4 is 17.0 Å². The zero-order valence-corrected chi connectivity index (χ0v) is 16.5. The third kappa shape index (κ3) is 4.31. The number of rotatable bonds is 6. The molecule has 0 aliphatic carbocycles. The molecule has 0 saturated carbocycles. The Balaban J connectivity index is 1.99. The summed E-state index contributed by atoms with van der Waals surface area (Å²) in [6.07, 6.45) is 0.725. The molecule has 7 heteroatoms. The predicted molar refractivity (Wildman–Crippen MR) is 108 cm³/mol. The fourth-order valence-electron chi connectivity index (χ4n) is 3.00. The SMILES string of the molecule is CC(C)(C)c1cc(CCC(=O)OCCN)cc(-n2nc3ccccc3n2)c1O. The molecule has 0 fully saturated rings. The van der Waals surface area contributed by atoms with Crippen LogP contribution < -0.4 is 5.73 Å². The molecule has 1 heterocycles. The predicted octanol–water partition coefficient (Wildman–Crippen LogP) is 2.86. The van der Waals surface area contributed by atoms with Gasteiger partial charge in [0.2, 0.25) is 0 Å². The van der Waals surface area contributed by atoms with E-state index in [0.29, 0.717) is 18.7 Å². The van der Waals surface area contributed by atoms with Crippen LogP contribution in [-0.4, -0.2) is 39.2 Å².